The molecule has 0 atom stereocenters. The van der Waals surface area contributed by atoms with Crippen LogP contribution in [0.3, 0.4) is 0 Å². The van der Waals surface area contributed by atoms with Crippen molar-refractivity contribution < 1.29 is 4.79 Å². The summed E-state index contributed by atoms with van der Waals surface area (Å²) >= 11 is 0. The molecular formula is C18H24N2O. The zero-order valence-electron chi connectivity index (χ0n) is 13.5. The fourth-order valence-electron chi connectivity index (χ4n) is 2.57. The van der Waals surface area contributed by atoms with Gasteiger partial charge < -0.3 is 9.88 Å². The number of aromatic nitrogens is 1. The van der Waals surface area contributed by atoms with Gasteiger partial charge in [0.15, 0.2) is 5.78 Å². The normalized spacial score (nSPS) is 11.0. The first kappa shape index (κ1) is 15.4. The minimum absolute atomic E-state index is 0.134. The number of rotatable bonds is 5. The molecule has 0 spiro atoms. The summed E-state index contributed by atoms with van der Waals surface area (Å²) in [6.07, 6.45) is 0. The van der Waals surface area contributed by atoms with Crippen LogP contribution in [0.5, 0.6) is 0 Å². The number of hydrogen-bond acceptors (Lipinski definition) is 2. The SMILES string of the molecule is Cc1cc(C(=O)CNc2ccccc2C(C)C)c(C)n1C. The van der Waals surface area contributed by atoms with Gasteiger partial charge in [0.25, 0.3) is 0 Å². The monoisotopic (exact) mass is 284 g/mol. The Morgan fingerprint density at radius 3 is 2.48 bits per heavy atom. The Morgan fingerprint density at radius 2 is 1.90 bits per heavy atom. The number of ketones is 1. The van der Waals surface area contributed by atoms with Crippen LogP contribution in [0, 0.1) is 13.8 Å². The minimum Gasteiger partial charge on any atom is -0.377 e. The molecule has 0 bridgehead atoms. The average molecular weight is 284 g/mol. The molecule has 3 heteroatoms. The Bertz CT molecular complexity index is 653. The second-order valence-corrected chi connectivity index (χ2v) is 5.86. The van der Waals surface area contributed by atoms with Crippen molar-refractivity contribution in [1.29, 1.82) is 0 Å². The maximum atomic E-state index is 12.4. The summed E-state index contributed by atoms with van der Waals surface area (Å²) in [5.74, 6) is 0.569. The molecular weight excluding hydrogens is 260 g/mol. The van der Waals surface area contributed by atoms with E-state index in [2.05, 4.69) is 29.8 Å². The molecule has 112 valence electrons. The first-order chi connectivity index (χ1) is 9.91. The minimum atomic E-state index is 0.134. The van der Waals surface area contributed by atoms with Gasteiger partial charge in [-0.1, -0.05) is 32.0 Å². The fourth-order valence-corrected chi connectivity index (χ4v) is 2.57. The molecule has 0 fully saturated rings. The number of carbonyl (C=O) groups is 1. The molecule has 0 unspecified atom stereocenters. The van der Waals surface area contributed by atoms with Gasteiger partial charge in [0.05, 0.1) is 6.54 Å². The standard InChI is InChI=1S/C18H24N2O/c1-12(2)15-8-6-7-9-17(15)19-11-18(21)16-10-13(3)20(5)14(16)4/h6-10,12,19H,11H2,1-5H3. The molecule has 0 saturated heterocycles. The van der Waals surface area contributed by atoms with E-state index in [4.69, 9.17) is 0 Å². The van der Waals surface area contributed by atoms with E-state index in [9.17, 15) is 4.79 Å². The summed E-state index contributed by atoms with van der Waals surface area (Å²) in [7, 11) is 1.99. The maximum absolute atomic E-state index is 12.4. The Kier molecular flexibility index (Phi) is 4.51. The van der Waals surface area contributed by atoms with Crippen molar-refractivity contribution in [2.75, 3.05) is 11.9 Å². The molecule has 0 saturated carbocycles. The number of hydrogen-bond donors (Lipinski definition) is 1. The van der Waals surface area contributed by atoms with Crippen LogP contribution in [0.4, 0.5) is 5.69 Å². The molecule has 0 radical (unpaired) electrons. The van der Waals surface area contributed by atoms with Gasteiger partial charge in [-0.15, -0.1) is 0 Å². The number of carbonyl (C=O) groups excluding carboxylic acids is 1. The van der Waals surface area contributed by atoms with Gasteiger partial charge >= 0.3 is 0 Å². The van der Waals surface area contributed by atoms with Gasteiger partial charge in [0, 0.05) is 29.7 Å². The molecule has 0 aliphatic rings. The third kappa shape index (κ3) is 3.18. The van der Waals surface area contributed by atoms with Gasteiger partial charge in [-0.05, 0) is 37.5 Å². The Labute approximate surface area is 127 Å². The Balaban J connectivity index is 2.13. The molecule has 0 aliphatic heterocycles. The lowest BCUT2D eigenvalue weighted by Crippen LogP contribution is -2.16. The number of Topliss-reactive ketones (excluding diaryl/α,β-unsaturated/α-hetero) is 1. The van der Waals surface area contributed by atoms with Gasteiger partial charge in [-0.25, -0.2) is 0 Å². The van der Waals surface area contributed by atoms with Gasteiger partial charge in [0.2, 0.25) is 0 Å². The first-order valence-electron chi connectivity index (χ1n) is 7.40. The van der Waals surface area contributed by atoms with Crippen molar-refractivity contribution in [1.82, 2.24) is 4.57 Å². The third-order valence-corrected chi connectivity index (χ3v) is 4.10. The van der Waals surface area contributed by atoms with E-state index in [1.165, 1.54) is 5.56 Å². The van der Waals surface area contributed by atoms with Crippen molar-refractivity contribution >= 4 is 11.5 Å². The fraction of sp³-hybridized carbons (Fsp3) is 0.389. The largest absolute Gasteiger partial charge is 0.377 e. The van der Waals surface area contributed by atoms with Crippen LogP contribution in [-0.2, 0) is 7.05 Å². The highest BCUT2D eigenvalue weighted by atomic mass is 16.1. The quantitative estimate of drug-likeness (QED) is 0.840. The second kappa shape index (κ2) is 6.17. The average Bonchev–Trinajstić information content (AvgIpc) is 2.72. The van der Waals surface area contributed by atoms with E-state index in [1.807, 2.05) is 45.2 Å². The van der Waals surface area contributed by atoms with Crippen LogP contribution >= 0.6 is 0 Å². The van der Waals surface area contributed by atoms with Gasteiger partial charge in [-0.3, -0.25) is 4.79 Å². The lowest BCUT2D eigenvalue weighted by Gasteiger charge is -2.14. The highest BCUT2D eigenvalue weighted by molar-refractivity contribution is 6.00. The lowest BCUT2D eigenvalue weighted by molar-refractivity contribution is 0.101. The Morgan fingerprint density at radius 1 is 1.24 bits per heavy atom. The number of benzene rings is 1. The van der Waals surface area contributed by atoms with Crippen molar-refractivity contribution in [2.24, 2.45) is 7.05 Å². The van der Waals surface area contributed by atoms with E-state index in [0.29, 0.717) is 12.5 Å². The van der Waals surface area contributed by atoms with Gasteiger partial charge in [0.1, 0.15) is 0 Å². The number of para-hydroxylation sites is 1. The van der Waals surface area contributed by atoms with E-state index in [-0.39, 0.29) is 5.78 Å². The van der Waals surface area contributed by atoms with Crippen LogP contribution in [0.25, 0.3) is 0 Å². The molecule has 21 heavy (non-hydrogen) atoms. The van der Waals surface area contributed by atoms with Crippen molar-refractivity contribution in [3.63, 3.8) is 0 Å². The van der Waals surface area contributed by atoms with Crippen LogP contribution in [0.15, 0.2) is 30.3 Å². The topological polar surface area (TPSA) is 34.0 Å². The summed E-state index contributed by atoms with van der Waals surface area (Å²) in [5, 5.41) is 3.29. The van der Waals surface area contributed by atoms with E-state index >= 15 is 0 Å². The smallest absolute Gasteiger partial charge is 0.183 e. The molecule has 0 amide bonds. The highest BCUT2D eigenvalue weighted by Crippen LogP contribution is 2.23. The predicted molar refractivity (Wildman–Crippen MR) is 88.2 cm³/mol. The summed E-state index contributed by atoms with van der Waals surface area (Å²) in [4.78, 5) is 12.4. The van der Waals surface area contributed by atoms with Crippen LogP contribution < -0.4 is 5.32 Å². The molecule has 1 aromatic heterocycles. The first-order valence-corrected chi connectivity index (χ1v) is 7.40. The molecule has 1 aromatic carbocycles. The zero-order valence-corrected chi connectivity index (χ0v) is 13.5. The summed E-state index contributed by atoms with van der Waals surface area (Å²) in [6.45, 7) is 8.65. The molecule has 1 N–H and O–H groups in total. The number of nitrogens with one attached hydrogen (secondary N) is 1. The van der Waals surface area contributed by atoms with Crippen molar-refractivity contribution in [2.45, 2.75) is 33.6 Å². The lowest BCUT2D eigenvalue weighted by atomic mass is 10.0. The molecule has 2 aromatic rings. The summed E-state index contributed by atoms with van der Waals surface area (Å²) in [6, 6.07) is 10.1. The number of anilines is 1. The van der Waals surface area contributed by atoms with Gasteiger partial charge in [-0.2, -0.15) is 0 Å². The Hall–Kier alpha value is -2.03. The third-order valence-electron chi connectivity index (χ3n) is 4.10. The maximum Gasteiger partial charge on any atom is 0.183 e. The van der Waals surface area contributed by atoms with Crippen molar-refractivity contribution in [3.05, 3.63) is 52.8 Å². The molecule has 1 heterocycles. The molecule has 3 nitrogen and oxygen atoms in total. The number of nitrogens with zero attached hydrogens (tertiary/aromatic N) is 1. The highest BCUT2D eigenvalue weighted by Gasteiger charge is 2.14. The van der Waals surface area contributed by atoms with E-state index < -0.39 is 0 Å². The second-order valence-electron chi connectivity index (χ2n) is 5.86. The number of aryl methyl sites for hydroxylation is 1. The van der Waals surface area contributed by atoms with E-state index in [0.717, 1.165) is 22.6 Å². The van der Waals surface area contributed by atoms with Crippen LogP contribution in [-0.4, -0.2) is 16.9 Å². The summed E-state index contributed by atoms with van der Waals surface area (Å²) < 4.78 is 2.05. The predicted octanol–water partition coefficient (Wildman–Crippen LogP) is 4.06. The summed E-state index contributed by atoms with van der Waals surface area (Å²) in [5.41, 5.74) is 5.23. The molecule has 0 aliphatic carbocycles. The van der Waals surface area contributed by atoms with Crippen LogP contribution in [0.1, 0.15) is 47.1 Å². The van der Waals surface area contributed by atoms with Crippen molar-refractivity contribution in [3.8, 4) is 0 Å². The molecule has 2 rings (SSSR count). The van der Waals surface area contributed by atoms with E-state index in [1.54, 1.807) is 0 Å². The zero-order chi connectivity index (χ0) is 15.6. The van der Waals surface area contributed by atoms with Crippen LogP contribution in [0.2, 0.25) is 0 Å².